The number of benzene rings is 2. The van der Waals surface area contributed by atoms with Crippen LogP contribution in [0.25, 0.3) is 0 Å². The smallest absolute Gasteiger partial charge is 0.265 e. The summed E-state index contributed by atoms with van der Waals surface area (Å²) < 4.78 is 31.9. The maximum atomic E-state index is 12.3. The Morgan fingerprint density at radius 2 is 1.84 bits per heavy atom. The van der Waals surface area contributed by atoms with E-state index in [-0.39, 0.29) is 10.8 Å². The predicted molar refractivity (Wildman–Crippen MR) is 100 cm³/mol. The van der Waals surface area contributed by atoms with Crippen molar-refractivity contribution < 1.29 is 17.9 Å². The number of hydrogen-bond donors (Lipinski definition) is 1. The van der Waals surface area contributed by atoms with Crippen molar-refractivity contribution in [3.05, 3.63) is 53.0 Å². The van der Waals surface area contributed by atoms with Gasteiger partial charge in [0.05, 0.1) is 4.90 Å². The van der Waals surface area contributed by atoms with Crippen molar-refractivity contribution in [3.63, 3.8) is 0 Å². The molecule has 0 aliphatic heterocycles. The van der Waals surface area contributed by atoms with Gasteiger partial charge in [-0.3, -0.25) is 4.79 Å². The molecule has 1 amide bonds. The van der Waals surface area contributed by atoms with Gasteiger partial charge in [-0.05, 0) is 43.3 Å². The molecule has 2 rings (SSSR count). The highest BCUT2D eigenvalue weighted by Gasteiger charge is 2.19. The lowest BCUT2D eigenvalue weighted by Gasteiger charge is -2.16. The summed E-state index contributed by atoms with van der Waals surface area (Å²) >= 11 is 3.34. The molecule has 0 heterocycles. The highest BCUT2D eigenvalue weighted by atomic mass is 79.9. The molecule has 1 N–H and O–H groups in total. The predicted octanol–water partition coefficient (Wildman–Crippen LogP) is 3.11. The van der Waals surface area contributed by atoms with Crippen molar-refractivity contribution in [2.75, 3.05) is 19.4 Å². The van der Waals surface area contributed by atoms with Crippen LogP contribution in [0.4, 0.5) is 5.69 Å². The Hall–Kier alpha value is -1.90. The van der Waals surface area contributed by atoms with Gasteiger partial charge in [0.1, 0.15) is 5.75 Å². The fourth-order valence-corrected chi connectivity index (χ4v) is 3.31. The maximum absolute atomic E-state index is 12.3. The van der Waals surface area contributed by atoms with E-state index < -0.39 is 16.1 Å². The zero-order valence-corrected chi connectivity index (χ0v) is 16.5. The molecule has 1 atom stereocenters. The van der Waals surface area contributed by atoms with Crippen LogP contribution in [0.15, 0.2) is 57.9 Å². The Bertz CT molecular complexity index is 868. The average Bonchev–Trinajstić information content (AvgIpc) is 2.54. The zero-order valence-electron chi connectivity index (χ0n) is 14.1. The van der Waals surface area contributed by atoms with Gasteiger partial charge in [-0.15, -0.1) is 0 Å². The molecule has 1 unspecified atom stereocenters. The van der Waals surface area contributed by atoms with Crippen LogP contribution in [-0.4, -0.2) is 38.8 Å². The normalized spacial score (nSPS) is 12.7. The number of ether oxygens (including phenoxy) is 1. The molecule has 0 aromatic heterocycles. The quantitative estimate of drug-likeness (QED) is 0.769. The van der Waals surface area contributed by atoms with Crippen LogP contribution in [0.3, 0.4) is 0 Å². The second kappa shape index (κ2) is 7.99. The van der Waals surface area contributed by atoms with Gasteiger partial charge in [-0.1, -0.05) is 28.1 Å². The molecule has 2 aromatic carbocycles. The molecule has 2 aromatic rings. The highest BCUT2D eigenvalue weighted by molar-refractivity contribution is 9.10. The Labute approximate surface area is 156 Å². The summed E-state index contributed by atoms with van der Waals surface area (Å²) in [5.41, 5.74) is 0.387. The summed E-state index contributed by atoms with van der Waals surface area (Å²) in [6, 6.07) is 13.3. The zero-order chi connectivity index (χ0) is 18.6. The number of halogens is 1. The number of amides is 1. The van der Waals surface area contributed by atoms with Crippen molar-refractivity contribution in [1.82, 2.24) is 4.31 Å². The number of carbonyl (C=O) groups excluding carboxylic acids is 1. The van der Waals surface area contributed by atoms with Crippen molar-refractivity contribution in [1.29, 1.82) is 0 Å². The number of rotatable bonds is 6. The molecule has 6 nitrogen and oxygen atoms in total. The molecule has 0 radical (unpaired) electrons. The van der Waals surface area contributed by atoms with Gasteiger partial charge in [0.15, 0.2) is 6.10 Å². The minimum atomic E-state index is -3.56. The Morgan fingerprint density at radius 3 is 2.48 bits per heavy atom. The molecule has 8 heteroatoms. The number of hydrogen-bond acceptors (Lipinski definition) is 4. The van der Waals surface area contributed by atoms with Gasteiger partial charge in [0.25, 0.3) is 5.91 Å². The molecule has 134 valence electrons. The largest absolute Gasteiger partial charge is 0.481 e. The topological polar surface area (TPSA) is 75.7 Å². The first-order chi connectivity index (χ1) is 11.7. The number of carbonyl (C=O) groups is 1. The van der Waals surface area contributed by atoms with Crippen LogP contribution >= 0.6 is 15.9 Å². The number of sulfonamides is 1. The first kappa shape index (κ1) is 19.4. The number of nitrogens with zero attached hydrogens (tertiary/aromatic N) is 1. The molecule has 0 bridgehead atoms. The summed E-state index contributed by atoms with van der Waals surface area (Å²) in [7, 11) is -0.657. The van der Waals surface area contributed by atoms with Crippen molar-refractivity contribution in [3.8, 4) is 5.75 Å². The van der Waals surface area contributed by atoms with E-state index in [0.29, 0.717) is 11.4 Å². The average molecular weight is 427 g/mol. The maximum Gasteiger partial charge on any atom is 0.265 e. The van der Waals surface area contributed by atoms with E-state index in [9.17, 15) is 13.2 Å². The van der Waals surface area contributed by atoms with Crippen molar-refractivity contribution in [2.24, 2.45) is 0 Å². The van der Waals surface area contributed by atoms with Crippen LogP contribution in [0, 0.1) is 0 Å². The van der Waals surface area contributed by atoms with Crippen LogP contribution in [0.2, 0.25) is 0 Å². The minimum Gasteiger partial charge on any atom is -0.481 e. The van der Waals surface area contributed by atoms with E-state index in [1.165, 1.54) is 26.2 Å². The van der Waals surface area contributed by atoms with Crippen LogP contribution in [-0.2, 0) is 14.8 Å². The molecule has 0 fully saturated rings. The first-order valence-corrected chi connectivity index (χ1v) is 9.69. The van der Waals surface area contributed by atoms with E-state index in [1.807, 2.05) is 6.07 Å². The molecule has 0 spiro atoms. The van der Waals surface area contributed by atoms with Gasteiger partial charge >= 0.3 is 0 Å². The molecule has 0 saturated carbocycles. The van der Waals surface area contributed by atoms with E-state index >= 15 is 0 Å². The summed E-state index contributed by atoms with van der Waals surface area (Å²) in [6.07, 6.45) is -0.747. The van der Waals surface area contributed by atoms with Crippen LogP contribution < -0.4 is 10.1 Å². The van der Waals surface area contributed by atoms with E-state index in [4.69, 9.17) is 4.74 Å². The lowest BCUT2D eigenvalue weighted by Crippen LogP contribution is -2.30. The third-order valence-corrected chi connectivity index (χ3v) is 5.66. The molecule has 0 saturated heterocycles. The van der Waals surface area contributed by atoms with Gasteiger partial charge in [0.2, 0.25) is 10.0 Å². The van der Waals surface area contributed by atoms with E-state index in [0.717, 1.165) is 8.78 Å². The third kappa shape index (κ3) is 5.04. The summed E-state index contributed by atoms with van der Waals surface area (Å²) in [5, 5.41) is 2.67. The Morgan fingerprint density at radius 1 is 1.16 bits per heavy atom. The molecule has 0 aliphatic carbocycles. The monoisotopic (exact) mass is 426 g/mol. The lowest BCUT2D eigenvalue weighted by atomic mass is 10.3. The molecule has 25 heavy (non-hydrogen) atoms. The first-order valence-electron chi connectivity index (χ1n) is 7.46. The highest BCUT2D eigenvalue weighted by Crippen LogP contribution is 2.20. The number of nitrogens with one attached hydrogen (secondary N) is 1. The summed E-state index contributed by atoms with van der Waals surface area (Å²) in [5.74, 6) is 0.181. The summed E-state index contributed by atoms with van der Waals surface area (Å²) in [6.45, 7) is 1.62. The molecule has 0 aliphatic rings. The minimum absolute atomic E-state index is 0.107. The third-order valence-electron chi connectivity index (χ3n) is 3.36. The SMILES string of the molecule is CC(Oc1cccc(Br)c1)C(=O)Nc1cccc(S(=O)(=O)N(C)C)c1. The fourth-order valence-electron chi connectivity index (χ4n) is 1.99. The van der Waals surface area contributed by atoms with E-state index in [2.05, 4.69) is 21.2 Å². The van der Waals surface area contributed by atoms with Crippen molar-refractivity contribution in [2.45, 2.75) is 17.9 Å². The standard InChI is InChI=1S/C17H19BrN2O4S/c1-12(24-15-8-4-6-13(18)10-15)17(21)19-14-7-5-9-16(11-14)25(22,23)20(2)3/h4-12H,1-3H3,(H,19,21). The van der Waals surface area contributed by atoms with Crippen LogP contribution in [0.1, 0.15) is 6.92 Å². The number of anilines is 1. The molecular weight excluding hydrogens is 408 g/mol. The van der Waals surface area contributed by atoms with Gasteiger partial charge in [-0.2, -0.15) is 0 Å². The molecular formula is C17H19BrN2O4S. The Kier molecular flexibility index (Phi) is 6.21. The van der Waals surface area contributed by atoms with Crippen molar-refractivity contribution >= 4 is 37.5 Å². The van der Waals surface area contributed by atoms with Gasteiger partial charge < -0.3 is 10.1 Å². The van der Waals surface area contributed by atoms with Gasteiger partial charge in [-0.25, -0.2) is 12.7 Å². The lowest BCUT2D eigenvalue weighted by molar-refractivity contribution is -0.122. The summed E-state index contributed by atoms with van der Waals surface area (Å²) in [4.78, 5) is 12.4. The fraction of sp³-hybridized carbons (Fsp3) is 0.235. The Balaban J connectivity index is 2.10. The van der Waals surface area contributed by atoms with E-state index in [1.54, 1.807) is 37.3 Å². The second-order valence-corrected chi connectivity index (χ2v) is 8.59. The second-order valence-electron chi connectivity index (χ2n) is 5.52. The van der Waals surface area contributed by atoms with Gasteiger partial charge in [0, 0.05) is 24.3 Å². The van der Waals surface area contributed by atoms with Crippen LogP contribution in [0.5, 0.6) is 5.75 Å².